The zero-order valence-electron chi connectivity index (χ0n) is 8.32. The lowest BCUT2D eigenvalue weighted by molar-refractivity contribution is 0.367. The van der Waals surface area contributed by atoms with Crippen molar-refractivity contribution in [1.82, 2.24) is 20.0 Å². The molecule has 1 aliphatic rings. The highest BCUT2D eigenvalue weighted by Gasteiger charge is 2.30. The summed E-state index contributed by atoms with van der Waals surface area (Å²) in [7, 11) is 0. The van der Waals surface area contributed by atoms with Gasteiger partial charge in [0.2, 0.25) is 5.13 Å². The van der Waals surface area contributed by atoms with Crippen LogP contribution in [0.25, 0.3) is 0 Å². The first-order valence-electron chi connectivity index (χ1n) is 4.82. The second-order valence-corrected chi connectivity index (χ2v) is 4.41. The molecular formula is C9H8N6S. The topological polar surface area (TPSA) is 70.6 Å². The van der Waals surface area contributed by atoms with Crippen LogP contribution in [0.3, 0.4) is 0 Å². The van der Waals surface area contributed by atoms with E-state index >= 15 is 0 Å². The molecule has 0 saturated carbocycles. The summed E-state index contributed by atoms with van der Waals surface area (Å²) in [6, 6.07) is 2.41. The molecule has 0 N–H and O–H groups in total. The van der Waals surface area contributed by atoms with Gasteiger partial charge in [-0.3, -0.25) is 4.68 Å². The second-order valence-electron chi connectivity index (χ2n) is 3.60. The number of hydrogen-bond donors (Lipinski definition) is 0. The molecule has 0 amide bonds. The fraction of sp³-hybridized carbons (Fsp3) is 0.333. The molecular weight excluding hydrogens is 224 g/mol. The maximum atomic E-state index is 8.70. The summed E-state index contributed by atoms with van der Waals surface area (Å²) in [4.78, 5) is 2.15. The lowest BCUT2D eigenvalue weighted by Crippen LogP contribution is -2.48. The molecule has 0 unspecified atom stereocenters. The summed E-state index contributed by atoms with van der Waals surface area (Å²) in [5.74, 6) is 0. The molecule has 0 atom stereocenters. The monoisotopic (exact) mass is 232 g/mol. The van der Waals surface area contributed by atoms with Gasteiger partial charge in [0.1, 0.15) is 11.6 Å². The Morgan fingerprint density at radius 3 is 3.00 bits per heavy atom. The van der Waals surface area contributed by atoms with Gasteiger partial charge >= 0.3 is 0 Å². The Balaban J connectivity index is 1.67. The Bertz CT molecular complexity index is 518. The molecule has 7 heteroatoms. The quantitative estimate of drug-likeness (QED) is 0.761. The highest BCUT2D eigenvalue weighted by atomic mass is 32.1. The molecule has 2 aromatic heterocycles. The van der Waals surface area contributed by atoms with Gasteiger partial charge in [0, 0.05) is 19.3 Å². The van der Waals surface area contributed by atoms with Crippen LogP contribution in [0.15, 0.2) is 17.9 Å². The fourth-order valence-corrected chi connectivity index (χ4v) is 2.26. The zero-order valence-corrected chi connectivity index (χ0v) is 9.13. The molecule has 80 valence electrons. The Morgan fingerprint density at radius 1 is 1.50 bits per heavy atom. The highest BCUT2D eigenvalue weighted by molar-refractivity contribution is 7.13. The van der Waals surface area contributed by atoms with E-state index in [4.69, 9.17) is 5.26 Å². The minimum atomic E-state index is 0.339. The van der Waals surface area contributed by atoms with Gasteiger partial charge in [-0.15, -0.1) is 10.2 Å². The minimum absolute atomic E-state index is 0.339. The Hall–Kier alpha value is -1.94. The SMILES string of the molecule is N#Cc1cnn(C2CN(c3nncs3)C2)c1. The van der Waals surface area contributed by atoms with Gasteiger partial charge in [-0.05, 0) is 0 Å². The average Bonchev–Trinajstić information content (AvgIpc) is 2.85. The van der Waals surface area contributed by atoms with Gasteiger partial charge in [0.15, 0.2) is 0 Å². The smallest absolute Gasteiger partial charge is 0.208 e. The standard InChI is InChI=1S/C9H8N6S/c10-1-7-2-12-15(3-7)8-4-14(5-8)9-13-11-6-16-9/h2-3,6,8H,4-5H2. The molecule has 0 aliphatic carbocycles. The van der Waals surface area contributed by atoms with Crippen molar-refractivity contribution < 1.29 is 0 Å². The molecule has 1 fully saturated rings. The largest absolute Gasteiger partial charge is 0.342 e. The minimum Gasteiger partial charge on any atom is -0.342 e. The number of aromatic nitrogens is 4. The van der Waals surface area contributed by atoms with E-state index in [1.165, 1.54) is 11.3 Å². The van der Waals surface area contributed by atoms with E-state index < -0.39 is 0 Å². The van der Waals surface area contributed by atoms with Crippen molar-refractivity contribution in [3.63, 3.8) is 0 Å². The van der Waals surface area contributed by atoms with Crippen LogP contribution < -0.4 is 4.90 Å². The number of nitriles is 1. The first-order valence-corrected chi connectivity index (χ1v) is 5.70. The molecule has 3 heterocycles. The van der Waals surface area contributed by atoms with Crippen molar-refractivity contribution in [2.24, 2.45) is 0 Å². The molecule has 0 bridgehead atoms. The second kappa shape index (κ2) is 3.57. The number of hydrogen-bond acceptors (Lipinski definition) is 6. The van der Waals surface area contributed by atoms with Crippen LogP contribution >= 0.6 is 11.3 Å². The molecule has 0 radical (unpaired) electrons. The highest BCUT2D eigenvalue weighted by Crippen LogP contribution is 2.27. The maximum Gasteiger partial charge on any atom is 0.208 e. The predicted octanol–water partition coefficient (Wildman–Crippen LogP) is 0.668. The van der Waals surface area contributed by atoms with Crippen LogP contribution in [0, 0.1) is 11.3 Å². The summed E-state index contributed by atoms with van der Waals surface area (Å²) >= 11 is 1.54. The third-order valence-electron chi connectivity index (χ3n) is 2.59. The van der Waals surface area contributed by atoms with E-state index in [0.717, 1.165) is 18.2 Å². The van der Waals surface area contributed by atoms with Gasteiger partial charge in [-0.2, -0.15) is 10.4 Å². The van der Waals surface area contributed by atoms with Crippen molar-refractivity contribution in [2.75, 3.05) is 18.0 Å². The van der Waals surface area contributed by atoms with E-state index in [9.17, 15) is 0 Å². The third kappa shape index (κ3) is 1.44. The van der Waals surface area contributed by atoms with Gasteiger partial charge in [-0.1, -0.05) is 11.3 Å². The van der Waals surface area contributed by atoms with E-state index in [1.54, 1.807) is 17.9 Å². The van der Waals surface area contributed by atoms with Gasteiger partial charge in [-0.25, -0.2) is 0 Å². The van der Waals surface area contributed by atoms with E-state index in [1.807, 2.05) is 4.68 Å². The number of anilines is 1. The lowest BCUT2D eigenvalue weighted by atomic mass is 10.1. The van der Waals surface area contributed by atoms with Crippen LogP contribution in [-0.4, -0.2) is 33.1 Å². The first kappa shape index (κ1) is 9.30. The van der Waals surface area contributed by atoms with Crippen LogP contribution in [0.4, 0.5) is 5.13 Å². The summed E-state index contributed by atoms with van der Waals surface area (Å²) in [6.07, 6.45) is 3.37. The predicted molar refractivity (Wildman–Crippen MR) is 58.1 cm³/mol. The zero-order chi connectivity index (χ0) is 11.0. The van der Waals surface area contributed by atoms with Crippen molar-refractivity contribution in [3.05, 3.63) is 23.5 Å². The molecule has 0 aromatic carbocycles. The van der Waals surface area contributed by atoms with Crippen molar-refractivity contribution in [2.45, 2.75) is 6.04 Å². The third-order valence-corrected chi connectivity index (χ3v) is 3.34. The van der Waals surface area contributed by atoms with Crippen LogP contribution in [0.5, 0.6) is 0 Å². The van der Waals surface area contributed by atoms with Gasteiger partial charge in [0.25, 0.3) is 0 Å². The molecule has 16 heavy (non-hydrogen) atoms. The van der Waals surface area contributed by atoms with E-state index in [-0.39, 0.29) is 0 Å². The van der Waals surface area contributed by atoms with Gasteiger partial charge in [0.05, 0.1) is 17.8 Å². The summed E-state index contributed by atoms with van der Waals surface area (Å²) in [5, 5.41) is 21.6. The van der Waals surface area contributed by atoms with Crippen LogP contribution in [0.2, 0.25) is 0 Å². The van der Waals surface area contributed by atoms with Crippen molar-refractivity contribution in [1.29, 1.82) is 5.26 Å². The van der Waals surface area contributed by atoms with E-state index in [0.29, 0.717) is 11.6 Å². The molecule has 3 rings (SSSR count). The molecule has 0 spiro atoms. The normalized spacial score (nSPS) is 15.8. The fourth-order valence-electron chi connectivity index (χ4n) is 1.68. The Labute approximate surface area is 95.8 Å². The van der Waals surface area contributed by atoms with E-state index in [2.05, 4.69) is 26.3 Å². The summed E-state index contributed by atoms with van der Waals surface area (Å²) < 4.78 is 1.84. The van der Waals surface area contributed by atoms with Gasteiger partial charge < -0.3 is 4.90 Å². The van der Waals surface area contributed by atoms with Crippen molar-refractivity contribution in [3.8, 4) is 6.07 Å². The average molecular weight is 232 g/mol. The Kier molecular flexibility index (Phi) is 2.08. The number of nitrogens with zero attached hydrogens (tertiary/aromatic N) is 6. The van der Waals surface area contributed by atoms with Crippen LogP contribution in [-0.2, 0) is 0 Å². The molecule has 1 saturated heterocycles. The summed E-state index contributed by atoms with van der Waals surface area (Å²) in [6.45, 7) is 1.75. The molecule has 6 nitrogen and oxygen atoms in total. The molecule has 1 aliphatic heterocycles. The molecule has 2 aromatic rings. The lowest BCUT2D eigenvalue weighted by Gasteiger charge is -2.38. The maximum absolute atomic E-state index is 8.70. The summed E-state index contributed by atoms with van der Waals surface area (Å²) in [5.41, 5.74) is 2.33. The van der Waals surface area contributed by atoms with Crippen molar-refractivity contribution >= 4 is 16.5 Å². The first-order chi connectivity index (χ1) is 7.86. The number of rotatable bonds is 2. The van der Waals surface area contributed by atoms with Crippen LogP contribution in [0.1, 0.15) is 11.6 Å². The Morgan fingerprint density at radius 2 is 2.38 bits per heavy atom.